The second-order valence-corrected chi connectivity index (χ2v) is 6.79. The normalized spacial score (nSPS) is 11.1. The molecule has 7 nitrogen and oxygen atoms in total. The summed E-state index contributed by atoms with van der Waals surface area (Å²) in [6.07, 6.45) is 3.05. The molecule has 0 fully saturated rings. The van der Waals surface area contributed by atoms with Crippen molar-refractivity contribution in [2.75, 3.05) is 14.2 Å². The summed E-state index contributed by atoms with van der Waals surface area (Å²) in [4.78, 5) is 24.7. The Hall–Kier alpha value is -3.74. The van der Waals surface area contributed by atoms with Crippen molar-refractivity contribution in [1.29, 1.82) is 0 Å². The Bertz CT molecular complexity index is 1180. The quantitative estimate of drug-likeness (QED) is 0.389. The number of carbonyl (C=O) groups is 2. The number of hydrogen-bond donors (Lipinski definition) is 0. The van der Waals surface area contributed by atoms with Gasteiger partial charge in [-0.2, -0.15) is 0 Å². The summed E-state index contributed by atoms with van der Waals surface area (Å²) in [7, 11) is 2.99. The van der Waals surface area contributed by atoms with Gasteiger partial charge in [-0.25, -0.2) is 0 Å². The van der Waals surface area contributed by atoms with E-state index in [1.807, 2.05) is 0 Å². The number of ether oxygens (including phenoxy) is 3. The van der Waals surface area contributed by atoms with Crippen molar-refractivity contribution in [2.45, 2.75) is 20.5 Å². The lowest BCUT2D eigenvalue weighted by molar-refractivity contribution is 0.0995. The van der Waals surface area contributed by atoms with Crippen LogP contribution in [0.5, 0.6) is 17.2 Å². The predicted molar refractivity (Wildman–Crippen MR) is 110 cm³/mol. The van der Waals surface area contributed by atoms with Gasteiger partial charge >= 0.3 is 0 Å². The van der Waals surface area contributed by atoms with Crippen LogP contribution in [0.2, 0.25) is 0 Å². The van der Waals surface area contributed by atoms with Crippen molar-refractivity contribution in [2.24, 2.45) is 0 Å². The van der Waals surface area contributed by atoms with Crippen LogP contribution >= 0.6 is 0 Å². The molecule has 154 valence electrons. The maximum Gasteiger partial charge on any atom is 0.167 e. The van der Waals surface area contributed by atoms with E-state index < -0.39 is 0 Å². The molecule has 0 amide bonds. The Balaban J connectivity index is 1.82. The third kappa shape index (κ3) is 3.08. The molecule has 0 saturated carbocycles. The molecular formula is C23H20O7. The number of methoxy groups -OCH3 is 2. The average Bonchev–Trinajstić information content (AvgIpc) is 3.38. The zero-order chi connectivity index (χ0) is 21.4. The minimum atomic E-state index is -0.212. The van der Waals surface area contributed by atoms with Gasteiger partial charge in [-0.1, -0.05) is 0 Å². The number of Topliss-reactive ketones (excluding diaryl/α,β-unsaturated/α-hetero) is 2. The molecule has 0 N–H and O–H groups in total. The highest BCUT2D eigenvalue weighted by atomic mass is 16.5. The molecule has 30 heavy (non-hydrogen) atoms. The molecule has 4 rings (SSSR count). The molecule has 4 aromatic rings. The maximum absolute atomic E-state index is 12.4. The first-order valence-corrected chi connectivity index (χ1v) is 9.26. The predicted octanol–water partition coefficient (Wildman–Crippen LogP) is 5.18. The minimum absolute atomic E-state index is 0.0115. The summed E-state index contributed by atoms with van der Waals surface area (Å²) in [5, 5.41) is 1.38. The van der Waals surface area contributed by atoms with E-state index in [0.29, 0.717) is 55.9 Å². The van der Waals surface area contributed by atoms with Crippen molar-refractivity contribution in [3.63, 3.8) is 0 Å². The number of carbonyl (C=O) groups excluding carboxylic acids is 2. The highest BCUT2D eigenvalue weighted by Gasteiger charge is 2.23. The van der Waals surface area contributed by atoms with Crippen molar-refractivity contribution in [3.05, 3.63) is 53.5 Å². The minimum Gasteiger partial charge on any atom is -0.495 e. The van der Waals surface area contributed by atoms with E-state index in [2.05, 4.69) is 0 Å². The van der Waals surface area contributed by atoms with Crippen LogP contribution in [-0.4, -0.2) is 25.8 Å². The van der Waals surface area contributed by atoms with Gasteiger partial charge in [-0.3, -0.25) is 9.59 Å². The van der Waals surface area contributed by atoms with Crippen molar-refractivity contribution in [3.8, 4) is 17.2 Å². The van der Waals surface area contributed by atoms with E-state index in [-0.39, 0.29) is 18.2 Å². The van der Waals surface area contributed by atoms with Crippen LogP contribution in [0.3, 0.4) is 0 Å². The monoisotopic (exact) mass is 408 g/mol. The molecule has 0 spiro atoms. The zero-order valence-electron chi connectivity index (χ0n) is 17.0. The molecular weight excluding hydrogens is 388 g/mol. The molecule has 0 bridgehead atoms. The lowest BCUT2D eigenvalue weighted by Crippen LogP contribution is -2.09. The van der Waals surface area contributed by atoms with Crippen LogP contribution in [0.4, 0.5) is 0 Å². The van der Waals surface area contributed by atoms with Gasteiger partial charge in [0.25, 0.3) is 0 Å². The van der Waals surface area contributed by atoms with Crippen LogP contribution in [0.15, 0.2) is 45.6 Å². The Labute approximate surface area is 172 Å². The van der Waals surface area contributed by atoms with Crippen LogP contribution in [0.1, 0.15) is 40.1 Å². The van der Waals surface area contributed by atoms with Crippen LogP contribution in [0, 0.1) is 0 Å². The summed E-state index contributed by atoms with van der Waals surface area (Å²) < 4.78 is 27.9. The number of ketones is 2. The van der Waals surface area contributed by atoms with E-state index in [9.17, 15) is 9.59 Å². The highest BCUT2D eigenvalue weighted by molar-refractivity contribution is 6.06. The number of rotatable bonds is 7. The van der Waals surface area contributed by atoms with Crippen LogP contribution < -0.4 is 14.2 Å². The Kier molecular flexibility index (Phi) is 4.95. The van der Waals surface area contributed by atoms with Crippen molar-refractivity contribution >= 4 is 33.5 Å². The average molecular weight is 408 g/mol. The first kappa shape index (κ1) is 19.6. The summed E-state index contributed by atoms with van der Waals surface area (Å²) in [5.74, 6) is 0.734. The van der Waals surface area contributed by atoms with Gasteiger partial charge in [0.2, 0.25) is 0 Å². The summed E-state index contributed by atoms with van der Waals surface area (Å²) in [6, 6.07) is 6.86. The molecule has 0 aliphatic heterocycles. The number of benzene rings is 2. The van der Waals surface area contributed by atoms with Crippen LogP contribution in [-0.2, 0) is 6.61 Å². The maximum atomic E-state index is 12.4. The molecule has 0 unspecified atom stereocenters. The standard InChI is InChI=1S/C23H20O7/c1-12(24)20-14(9-17-15(5-7-28-17)22(20)26-3)11-30-19-10-18-16(6-8-29-18)23(27-4)21(19)13(2)25/h5-10H,11H2,1-4H3. The van der Waals surface area contributed by atoms with E-state index in [1.54, 1.807) is 24.3 Å². The smallest absolute Gasteiger partial charge is 0.167 e. The molecule has 0 saturated heterocycles. The number of fused-ring (bicyclic) bond motifs is 2. The van der Waals surface area contributed by atoms with Gasteiger partial charge in [0.1, 0.15) is 40.6 Å². The van der Waals surface area contributed by atoms with Gasteiger partial charge in [-0.15, -0.1) is 0 Å². The van der Waals surface area contributed by atoms with Gasteiger partial charge in [-0.05, 0) is 32.0 Å². The molecule has 0 atom stereocenters. The van der Waals surface area contributed by atoms with E-state index in [4.69, 9.17) is 23.0 Å². The topological polar surface area (TPSA) is 88.1 Å². The first-order valence-electron chi connectivity index (χ1n) is 9.26. The Morgan fingerprint density at radius 3 is 1.90 bits per heavy atom. The second-order valence-electron chi connectivity index (χ2n) is 6.79. The Morgan fingerprint density at radius 2 is 1.37 bits per heavy atom. The summed E-state index contributed by atoms with van der Waals surface area (Å²) in [5.41, 5.74) is 2.39. The molecule has 2 aromatic heterocycles. The largest absolute Gasteiger partial charge is 0.495 e. The number of hydrogen-bond acceptors (Lipinski definition) is 7. The zero-order valence-corrected chi connectivity index (χ0v) is 17.0. The first-order chi connectivity index (χ1) is 14.5. The summed E-state index contributed by atoms with van der Waals surface area (Å²) in [6.45, 7) is 2.92. The van der Waals surface area contributed by atoms with E-state index in [1.165, 1.54) is 40.6 Å². The van der Waals surface area contributed by atoms with Crippen LogP contribution in [0.25, 0.3) is 21.9 Å². The fourth-order valence-electron chi connectivity index (χ4n) is 3.72. The van der Waals surface area contributed by atoms with Gasteiger partial charge in [0.05, 0.1) is 43.1 Å². The van der Waals surface area contributed by atoms with Gasteiger partial charge < -0.3 is 23.0 Å². The number of furan rings is 2. The van der Waals surface area contributed by atoms with Crippen molar-refractivity contribution < 1.29 is 32.6 Å². The lowest BCUT2D eigenvalue weighted by atomic mass is 10.0. The third-order valence-corrected chi connectivity index (χ3v) is 4.96. The van der Waals surface area contributed by atoms with E-state index in [0.717, 1.165) is 0 Å². The van der Waals surface area contributed by atoms with E-state index >= 15 is 0 Å². The fourth-order valence-corrected chi connectivity index (χ4v) is 3.72. The van der Waals surface area contributed by atoms with Gasteiger partial charge in [0, 0.05) is 11.6 Å². The molecule has 7 heteroatoms. The lowest BCUT2D eigenvalue weighted by Gasteiger charge is -2.16. The molecule has 0 aliphatic carbocycles. The molecule has 0 aliphatic rings. The van der Waals surface area contributed by atoms with Crippen molar-refractivity contribution in [1.82, 2.24) is 0 Å². The molecule has 2 heterocycles. The summed E-state index contributed by atoms with van der Waals surface area (Å²) >= 11 is 0. The molecule has 0 radical (unpaired) electrons. The SMILES string of the molecule is COc1c(C(C)=O)c(COc2cc3occc3c(OC)c2C(C)=O)cc2occc12. The second kappa shape index (κ2) is 7.59. The highest BCUT2D eigenvalue weighted by Crippen LogP contribution is 2.39. The molecule has 2 aromatic carbocycles. The Morgan fingerprint density at radius 1 is 0.833 bits per heavy atom. The third-order valence-electron chi connectivity index (χ3n) is 4.96. The van der Waals surface area contributed by atoms with Gasteiger partial charge in [0.15, 0.2) is 11.6 Å². The fraction of sp³-hybridized carbons (Fsp3) is 0.217.